The average Bonchev–Trinajstić information content (AvgIpc) is 1.99. The van der Waals surface area contributed by atoms with Crippen molar-refractivity contribution in [3.63, 3.8) is 0 Å². The number of nitrogens with zero attached hydrogens (tertiary/aromatic N) is 3. The maximum absolute atomic E-state index is 2.79. The topological polar surface area (TPSA) is 11.4 Å². The van der Waals surface area contributed by atoms with Gasteiger partial charge in [0.2, 0.25) is 0 Å². The summed E-state index contributed by atoms with van der Waals surface area (Å²) in [6.07, 6.45) is 2.32. The van der Waals surface area contributed by atoms with Crippen molar-refractivity contribution >= 4 is 68.0 Å². The van der Waals surface area contributed by atoms with E-state index in [1.165, 1.54) is 117 Å². The predicted molar refractivity (Wildman–Crippen MR) is 342 cm³/mol. The minimum absolute atomic E-state index is 0.0170. The molecule has 0 unspecified atom stereocenters. The van der Waals surface area contributed by atoms with Crippen molar-refractivity contribution in [1.82, 2.24) is 4.57 Å². The first kappa shape index (κ1) is 51.6. The number of hydrogen-bond acceptors (Lipinski definition) is 2. The first-order valence-electron chi connectivity index (χ1n) is 29.5. The molecule has 9 aromatic rings. The van der Waals surface area contributed by atoms with Crippen LogP contribution in [-0.4, -0.2) is 11.4 Å². The van der Waals surface area contributed by atoms with E-state index in [1.54, 1.807) is 0 Å². The number of hydrogen-bond donors (Lipinski definition) is 0. The molecule has 0 saturated carbocycles. The van der Waals surface area contributed by atoms with E-state index in [0.717, 1.165) is 29.9 Å². The summed E-state index contributed by atoms with van der Waals surface area (Å²) in [7, 11) is 0. The van der Waals surface area contributed by atoms with Crippen molar-refractivity contribution in [2.75, 3.05) is 9.71 Å². The average molecular weight is 1040 g/mol. The van der Waals surface area contributed by atoms with Crippen LogP contribution in [0.1, 0.15) is 182 Å². The lowest BCUT2D eigenvalue weighted by Gasteiger charge is -2.47. The molecule has 0 fully saturated rings. The van der Waals surface area contributed by atoms with E-state index in [4.69, 9.17) is 0 Å². The van der Waals surface area contributed by atoms with Crippen molar-refractivity contribution in [3.8, 4) is 27.9 Å². The van der Waals surface area contributed by atoms with Crippen LogP contribution in [0.25, 0.3) is 49.7 Å². The van der Waals surface area contributed by atoms with Crippen LogP contribution in [0.2, 0.25) is 0 Å². The fraction of sp³-hybridized carbons (Fsp3) is 0.360. The zero-order valence-corrected chi connectivity index (χ0v) is 50.7. The molecular formula is C75H82BN3. The number of fused-ring (bicyclic) bond motifs is 14. The zero-order valence-electron chi connectivity index (χ0n) is 50.7. The second kappa shape index (κ2) is 16.7. The summed E-state index contributed by atoms with van der Waals surface area (Å²) >= 11 is 0. The number of benzene rings is 8. The van der Waals surface area contributed by atoms with Crippen molar-refractivity contribution in [1.29, 1.82) is 0 Å². The molecule has 0 bridgehead atoms. The fourth-order valence-electron chi connectivity index (χ4n) is 14.6. The normalized spacial score (nSPS) is 16.6. The number of anilines is 5. The molecule has 8 aromatic carbocycles. The van der Waals surface area contributed by atoms with Gasteiger partial charge in [-0.05, 0) is 184 Å². The van der Waals surface area contributed by atoms with Crippen molar-refractivity contribution in [3.05, 3.63) is 190 Å². The molecule has 4 aliphatic rings. The molecule has 3 nitrogen and oxygen atoms in total. The minimum Gasteiger partial charge on any atom is -0.376 e. The Kier molecular flexibility index (Phi) is 10.9. The van der Waals surface area contributed by atoms with Gasteiger partial charge >= 0.3 is 6.85 Å². The molecule has 0 atom stereocenters. The van der Waals surface area contributed by atoms with E-state index < -0.39 is 0 Å². The minimum atomic E-state index is -0.282. The van der Waals surface area contributed by atoms with E-state index in [1.807, 2.05) is 0 Å². The molecule has 0 amide bonds. The van der Waals surface area contributed by atoms with Crippen LogP contribution < -0.4 is 20.6 Å². The predicted octanol–water partition coefficient (Wildman–Crippen LogP) is 19.3. The lowest BCUT2D eigenvalue weighted by molar-refractivity contribution is 0.332. The van der Waals surface area contributed by atoms with Gasteiger partial charge in [-0.3, -0.25) is 0 Å². The molecule has 3 heterocycles. The number of rotatable bonds is 4. The van der Waals surface area contributed by atoms with Crippen LogP contribution in [0.5, 0.6) is 0 Å². The van der Waals surface area contributed by atoms with Crippen molar-refractivity contribution in [2.24, 2.45) is 0 Å². The number of aromatic nitrogens is 1. The molecule has 0 radical (unpaired) electrons. The van der Waals surface area contributed by atoms with E-state index in [-0.39, 0.29) is 44.8 Å². The quantitative estimate of drug-likeness (QED) is 0.163. The van der Waals surface area contributed by atoms with Gasteiger partial charge in [0.1, 0.15) is 0 Å². The molecule has 0 spiro atoms. The molecule has 0 saturated heterocycles. The molecule has 2 aliphatic carbocycles. The van der Waals surface area contributed by atoms with Crippen LogP contribution in [0.3, 0.4) is 0 Å². The van der Waals surface area contributed by atoms with Gasteiger partial charge in [-0.2, -0.15) is 0 Å². The summed E-state index contributed by atoms with van der Waals surface area (Å²) in [5.41, 5.74) is 29.1. The summed E-state index contributed by atoms with van der Waals surface area (Å²) in [6, 6.07) is 58.1. The molecule has 4 heteroatoms. The largest absolute Gasteiger partial charge is 0.376 e. The summed E-state index contributed by atoms with van der Waals surface area (Å²) < 4.78 is 2.73. The van der Waals surface area contributed by atoms with Gasteiger partial charge < -0.3 is 14.3 Å². The van der Waals surface area contributed by atoms with Crippen molar-refractivity contribution in [2.45, 2.75) is 175 Å². The van der Waals surface area contributed by atoms with Gasteiger partial charge in [0.05, 0.1) is 11.0 Å². The second-order valence-electron chi connectivity index (χ2n) is 30.2. The molecule has 0 N–H and O–H groups in total. The van der Waals surface area contributed by atoms with Gasteiger partial charge in [0.25, 0.3) is 0 Å². The SMILES string of the molecule is CC(C)(C)c1ccc(N2B3c4cc(C(C)(C)C)ccc4-n4c5cc(N(c6ccc(C(C)(C)C)cc6)c6ccc(C(C)(C)C)cc6)ccc5c5c6c(c(c3c54)-c3cc4c(cc32)C(C)(C)CCC4(C)C)-c2ccccc2C6(C)C)cc1. The Hall–Kier alpha value is -6.78. The van der Waals surface area contributed by atoms with Gasteiger partial charge in [0, 0.05) is 55.9 Å². The van der Waals surface area contributed by atoms with Crippen LogP contribution in [0, 0.1) is 0 Å². The lowest BCUT2D eigenvalue weighted by atomic mass is 9.43. The first-order chi connectivity index (χ1) is 37.0. The molecule has 79 heavy (non-hydrogen) atoms. The third kappa shape index (κ3) is 7.65. The molecule has 2 aliphatic heterocycles. The highest BCUT2D eigenvalue weighted by molar-refractivity contribution is 6.94. The lowest BCUT2D eigenvalue weighted by Crippen LogP contribution is -2.61. The van der Waals surface area contributed by atoms with E-state index in [2.05, 4.69) is 284 Å². The summed E-state index contributed by atoms with van der Waals surface area (Å²) in [5.74, 6) is 0. The van der Waals surface area contributed by atoms with Crippen LogP contribution in [0.15, 0.2) is 146 Å². The maximum Gasteiger partial charge on any atom is 0.333 e. The Balaban J connectivity index is 1.21. The highest BCUT2D eigenvalue weighted by Crippen LogP contribution is 2.61. The van der Waals surface area contributed by atoms with Gasteiger partial charge in [0.15, 0.2) is 0 Å². The monoisotopic (exact) mass is 1040 g/mol. The molecular weight excluding hydrogens is 954 g/mol. The Morgan fingerprint density at radius 3 is 1.52 bits per heavy atom. The van der Waals surface area contributed by atoms with E-state index in [0.29, 0.717) is 0 Å². The van der Waals surface area contributed by atoms with Crippen LogP contribution in [-0.2, 0) is 37.9 Å². The maximum atomic E-state index is 2.79. The first-order valence-corrected chi connectivity index (χ1v) is 29.5. The van der Waals surface area contributed by atoms with E-state index in [9.17, 15) is 0 Å². The van der Waals surface area contributed by atoms with Gasteiger partial charge in [-0.15, -0.1) is 0 Å². The van der Waals surface area contributed by atoms with E-state index >= 15 is 0 Å². The smallest absolute Gasteiger partial charge is 0.333 e. The zero-order chi connectivity index (χ0) is 56.1. The molecule has 13 rings (SSSR count). The third-order valence-electron chi connectivity index (χ3n) is 19.4. The Bertz CT molecular complexity index is 3940. The summed E-state index contributed by atoms with van der Waals surface area (Å²) in [6.45, 7) is 42.9. The highest BCUT2D eigenvalue weighted by Gasteiger charge is 2.51. The van der Waals surface area contributed by atoms with Crippen LogP contribution >= 0.6 is 0 Å². The summed E-state index contributed by atoms with van der Waals surface area (Å²) in [4.78, 5) is 5.28. The molecule has 1 aromatic heterocycles. The standard InChI is InChI=1S/C75H82BN3/c1-69(2,3)45-23-30-49(31-24-45)77(50-32-25-46(26-33-50)70(4,5)6)52-36-37-54-61(42-52)78-60-38-29-48(72(10,11)12)41-59(60)76-67-64(63-53-21-19-20-22-56(53)75(17,18)66(63)65(54)68(67)78)55-43-57-58(74(15,16)40-39-73(57,13)14)44-62(55)79(76)51-34-27-47(28-35-51)71(7,8)9/h19-38,41-44H,39-40H2,1-18H3. The van der Waals surface area contributed by atoms with Gasteiger partial charge in [-0.1, -0.05) is 203 Å². The van der Waals surface area contributed by atoms with Crippen molar-refractivity contribution < 1.29 is 0 Å². The molecule has 400 valence electrons. The van der Waals surface area contributed by atoms with Crippen LogP contribution in [0.4, 0.5) is 28.4 Å². The third-order valence-corrected chi connectivity index (χ3v) is 19.4. The Morgan fingerprint density at radius 1 is 0.456 bits per heavy atom. The van der Waals surface area contributed by atoms with Gasteiger partial charge in [-0.25, -0.2) is 0 Å². The highest BCUT2D eigenvalue weighted by atomic mass is 15.1. The Morgan fingerprint density at radius 2 is 0.962 bits per heavy atom. The second-order valence-corrected chi connectivity index (χ2v) is 30.2. The fourth-order valence-corrected chi connectivity index (χ4v) is 14.6. The summed E-state index contributed by atoms with van der Waals surface area (Å²) in [5, 5.41) is 2.69. The Labute approximate surface area is 473 Å².